The van der Waals surface area contributed by atoms with Crippen LogP contribution in [0.4, 0.5) is 10.6 Å². The Kier molecular flexibility index (Phi) is 7.42. The molecule has 32 heavy (non-hydrogen) atoms. The van der Waals surface area contributed by atoms with Gasteiger partial charge in [0.05, 0.1) is 19.0 Å². The standard InChI is InChI=1S/C19H22N6O5S2/c1-11(8-31-32-14-4-2-3-5-20-14)29-19(28)24-17-16-18(22-9-21-17)25(10-23-16)15-6-12(27)13(7-26)30-15/h2-5,9-13,15,26-27H,6-8H2,1H3,(H,21,22,24,28)/t11-,12?,13?,15?/m0/s1. The predicted octanol–water partition coefficient (Wildman–Crippen LogP) is 2.24. The number of carbonyl (C=O) groups is 1. The molecule has 13 heteroatoms. The van der Waals surface area contributed by atoms with Crippen LogP contribution in [0, 0.1) is 0 Å². The Bertz CT molecular complexity index is 1060. The van der Waals surface area contributed by atoms with Gasteiger partial charge in [-0.25, -0.2) is 24.7 Å². The quantitative estimate of drug-likeness (QED) is 0.410. The van der Waals surface area contributed by atoms with Gasteiger partial charge in [0.25, 0.3) is 0 Å². The largest absolute Gasteiger partial charge is 0.445 e. The average Bonchev–Trinajstić information content (AvgIpc) is 3.38. The van der Waals surface area contributed by atoms with Crippen molar-refractivity contribution in [2.24, 2.45) is 0 Å². The minimum atomic E-state index is -0.785. The van der Waals surface area contributed by atoms with Crippen LogP contribution in [0.1, 0.15) is 19.6 Å². The normalized spacial score (nSPS) is 21.5. The molecule has 0 aliphatic carbocycles. The summed E-state index contributed by atoms with van der Waals surface area (Å²) in [6.45, 7) is 1.52. The topological polar surface area (TPSA) is 145 Å². The third kappa shape index (κ3) is 5.30. The minimum absolute atomic E-state index is 0.207. The highest BCUT2D eigenvalue weighted by molar-refractivity contribution is 8.76. The van der Waals surface area contributed by atoms with Crippen molar-refractivity contribution in [3.8, 4) is 0 Å². The number of fused-ring (bicyclic) bond motifs is 1. The summed E-state index contributed by atoms with van der Waals surface area (Å²) in [7, 11) is 3.05. The molecule has 170 valence electrons. The van der Waals surface area contributed by atoms with Gasteiger partial charge in [-0.15, -0.1) is 0 Å². The number of carbonyl (C=O) groups excluding carboxylic acids is 1. The van der Waals surface area contributed by atoms with Gasteiger partial charge in [0, 0.05) is 18.4 Å². The summed E-state index contributed by atoms with van der Waals surface area (Å²) < 4.78 is 12.7. The first-order chi connectivity index (χ1) is 15.5. The van der Waals surface area contributed by atoms with Crippen molar-refractivity contribution in [3.63, 3.8) is 0 Å². The lowest BCUT2D eigenvalue weighted by Gasteiger charge is -2.14. The van der Waals surface area contributed by atoms with Crippen molar-refractivity contribution in [2.45, 2.75) is 42.9 Å². The zero-order valence-corrected chi connectivity index (χ0v) is 18.7. The van der Waals surface area contributed by atoms with E-state index in [1.165, 1.54) is 23.4 Å². The molecule has 0 spiro atoms. The van der Waals surface area contributed by atoms with Gasteiger partial charge in [0.1, 0.15) is 29.8 Å². The Morgan fingerprint density at radius 1 is 1.38 bits per heavy atom. The summed E-state index contributed by atoms with van der Waals surface area (Å²) in [4.78, 5) is 29.2. The minimum Gasteiger partial charge on any atom is -0.445 e. The molecular formula is C19H22N6O5S2. The summed E-state index contributed by atoms with van der Waals surface area (Å²) in [6, 6.07) is 5.68. The number of nitrogens with zero attached hydrogens (tertiary/aromatic N) is 5. The Labute approximate surface area is 191 Å². The summed E-state index contributed by atoms with van der Waals surface area (Å²) in [5.41, 5.74) is 0.796. The number of aliphatic hydroxyl groups excluding tert-OH is 2. The molecule has 3 aromatic rings. The zero-order valence-electron chi connectivity index (χ0n) is 17.1. The fourth-order valence-electron chi connectivity index (χ4n) is 3.13. The highest BCUT2D eigenvalue weighted by Crippen LogP contribution is 2.32. The summed E-state index contributed by atoms with van der Waals surface area (Å²) in [5.74, 6) is 0.786. The monoisotopic (exact) mass is 478 g/mol. The lowest BCUT2D eigenvalue weighted by molar-refractivity contribution is -0.0432. The first kappa shape index (κ1) is 22.7. The van der Waals surface area contributed by atoms with Crippen LogP contribution in [-0.2, 0) is 9.47 Å². The maximum absolute atomic E-state index is 12.3. The molecule has 3 aromatic heterocycles. The van der Waals surface area contributed by atoms with Gasteiger partial charge in [0.2, 0.25) is 0 Å². The van der Waals surface area contributed by atoms with E-state index in [0.717, 1.165) is 5.03 Å². The molecule has 4 heterocycles. The molecule has 0 radical (unpaired) electrons. The molecule has 0 aromatic carbocycles. The molecular weight excluding hydrogens is 456 g/mol. The Balaban J connectivity index is 1.34. The van der Waals surface area contributed by atoms with E-state index in [9.17, 15) is 15.0 Å². The third-order valence-corrected chi connectivity index (χ3v) is 7.08. The Morgan fingerprint density at radius 2 is 2.25 bits per heavy atom. The van der Waals surface area contributed by atoms with Crippen molar-refractivity contribution in [1.82, 2.24) is 24.5 Å². The van der Waals surface area contributed by atoms with Gasteiger partial charge in [-0.1, -0.05) is 16.9 Å². The summed E-state index contributed by atoms with van der Waals surface area (Å²) in [5, 5.41) is 22.8. The molecule has 3 unspecified atom stereocenters. The molecule has 3 N–H and O–H groups in total. The van der Waals surface area contributed by atoms with E-state index >= 15 is 0 Å². The fourth-order valence-corrected chi connectivity index (χ4v) is 5.26. The Hall–Kier alpha value is -2.45. The van der Waals surface area contributed by atoms with Gasteiger partial charge >= 0.3 is 6.09 Å². The number of hydrogen-bond donors (Lipinski definition) is 3. The highest BCUT2D eigenvalue weighted by Gasteiger charge is 2.35. The van der Waals surface area contributed by atoms with E-state index in [1.807, 2.05) is 18.2 Å². The van der Waals surface area contributed by atoms with Crippen molar-refractivity contribution in [1.29, 1.82) is 0 Å². The van der Waals surface area contributed by atoms with Crippen LogP contribution in [0.5, 0.6) is 0 Å². The number of anilines is 1. The van der Waals surface area contributed by atoms with Crippen LogP contribution in [0.3, 0.4) is 0 Å². The molecule has 1 aliphatic heterocycles. The number of imidazole rings is 1. The van der Waals surface area contributed by atoms with Crippen LogP contribution in [0.15, 0.2) is 42.1 Å². The van der Waals surface area contributed by atoms with Gasteiger partial charge in [-0.3, -0.25) is 9.88 Å². The van der Waals surface area contributed by atoms with Gasteiger partial charge in [-0.05, 0) is 29.9 Å². The molecule has 4 atom stereocenters. The molecule has 1 aliphatic rings. The van der Waals surface area contributed by atoms with Crippen LogP contribution < -0.4 is 5.32 Å². The van der Waals surface area contributed by atoms with Crippen molar-refractivity contribution < 1.29 is 24.5 Å². The number of aliphatic hydroxyl groups is 2. The molecule has 4 rings (SSSR count). The molecule has 1 saturated heterocycles. The molecule has 11 nitrogen and oxygen atoms in total. The molecule has 1 fully saturated rings. The summed E-state index contributed by atoms with van der Waals surface area (Å²) >= 11 is 0. The van der Waals surface area contributed by atoms with E-state index in [-0.39, 0.29) is 24.9 Å². The second kappa shape index (κ2) is 10.4. The van der Waals surface area contributed by atoms with E-state index in [0.29, 0.717) is 16.9 Å². The smallest absolute Gasteiger partial charge is 0.413 e. The van der Waals surface area contributed by atoms with E-state index < -0.39 is 24.5 Å². The lowest BCUT2D eigenvalue weighted by atomic mass is 10.2. The molecule has 1 amide bonds. The van der Waals surface area contributed by atoms with Crippen LogP contribution in [0.25, 0.3) is 11.2 Å². The van der Waals surface area contributed by atoms with Crippen LogP contribution >= 0.6 is 21.6 Å². The van der Waals surface area contributed by atoms with E-state index in [2.05, 4.69) is 25.3 Å². The number of nitrogens with one attached hydrogen (secondary N) is 1. The predicted molar refractivity (Wildman–Crippen MR) is 119 cm³/mol. The van der Waals surface area contributed by atoms with Crippen LogP contribution in [0.2, 0.25) is 0 Å². The first-order valence-corrected chi connectivity index (χ1v) is 12.2. The van der Waals surface area contributed by atoms with Gasteiger partial charge in [-0.2, -0.15) is 0 Å². The highest BCUT2D eigenvalue weighted by atomic mass is 33.1. The van der Waals surface area contributed by atoms with Crippen molar-refractivity contribution in [3.05, 3.63) is 37.1 Å². The number of hydrogen-bond acceptors (Lipinski definition) is 11. The maximum atomic E-state index is 12.3. The number of amides is 1. The number of rotatable bonds is 8. The molecule has 0 saturated carbocycles. The number of pyridine rings is 1. The number of aromatic nitrogens is 5. The zero-order chi connectivity index (χ0) is 22.5. The van der Waals surface area contributed by atoms with Crippen molar-refractivity contribution >= 4 is 44.7 Å². The average molecular weight is 479 g/mol. The summed E-state index contributed by atoms with van der Waals surface area (Å²) in [6.07, 6.45) is 1.85. The lowest BCUT2D eigenvalue weighted by Crippen LogP contribution is -2.24. The number of ether oxygens (including phenoxy) is 2. The van der Waals surface area contributed by atoms with Crippen molar-refractivity contribution in [2.75, 3.05) is 17.7 Å². The SMILES string of the molecule is C[C@@H](CSSc1ccccn1)OC(=O)Nc1ncnc2c1ncn2C1CC(O)C(CO)O1. The van der Waals surface area contributed by atoms with E-state index in [1.54, 1.807) is 28.5 Å². The maximum Gasteiger partial charge on any atom is 0.413 e. The van der Waals surface area contributed by atoms with E-state index in [4.69, 9.17) is 9.47 Å². The molecule has 0 bridgehead atoms. The van der Waals surface area contributed by atoms with Gasteiger partial charge in [0.15, 0.2) is 17.0 Å². The first-order valence-electron chi connectivity index (χ1n) is 9.85. The third-order valence-electron chi connectivity index (χ3n) is 4.67. The Morgan fingerprint density at radius 3 is 3.00 bits per heavy atom. The van der Waals surface area contributed by atoms with Crippen LogP contribution in [-0.4, -0.2) is 71.5 Å². The second-order valence-corrected chi connectivity index (χ2v) is 9.40. The second-order valence-electron chi connectivity index (χ2n) is 7.04. The fraction of sp³-hybridized carbons (Fsp3) is 0.421. The van der Waals surface area contributed by atoms with Gasteiger partial charge < -0.3 is 19.7 Å².